The second-order valence-electron chi connectivity index (χ2n) is 20.0. The molecule has 0 amide bonds. The first-order valence-electron chi connectivity index (χ1n) is 25.0. The molecule has 0 saturated carbocycles. The quantitative estimate of drug-likeness (QED) is 0.112. The second-order valence-corrected chi connectivity index (χ2v) is 20.0. The maximum Gasteiger partial charge on any atom is 0.148 e. The van der Waals surface area contributed by atoms with Crippen LogP contribution >= 0.6 is 0 Å². The van der Waals surface area contributed by atoms with Crippen LogP contribution in [0.2, 0.25) is 0 Å². The average molecular weight is 885 g/mol. The molecular weight excluding hydrogens is 825 g/mol. The number of hydrogen-bond donors (Lipinski definition) is 0. The van der Waals surface area contributed by atoms with Crippen LogP contribution in [0.1, 0.15) is 103 Å². The number of nitrogens with zero attached hydrogens (tertiary/aromatic N) is 2. The van der Waals surface area contributed by atoms with E-state index in [-0.39, 0.29) is 29.4 Å². The highest BCUT2D eigenvalue weighted by Crippen LogP contribution is 2.56. The maximum atomic E-state index is 7.02. The second kappa shape index (κ2) is 17.2. The Kier molecular flexibility index (Phi) is 10.7. The number of anilines is 4. The summed E-state index contributed by atoms with van der Waals surface area (Å²) in [6.45, 7) is 9.25. The molecule has 0 spiro atoms. The van der Waals surface area contributed by atoms with E-state index in [1.807, 2.05) is 0 Å². The Morgan fingerprint density at radius 2 is 1.62 bits per heavy atom. The summed E-state index contributed by atoms with van der Waals surface area (Å²) in [5, 5.41) is 0. The molecule has 68 heavy (non-hydrogen) atoms. The molecule has 0 fully saturated rings. The highest BCUT2D eigenvalue weighted by molar-refractivity contribution is 5.89. The van der Waals surface area contributed by atoms with Crippen molar-refractivity contribution in [2.24, 2.45) is 0 Å². The molecule has 3 nitrogen and oxygen atoms in total. The first-order chi connectivity index (χ1) is 33.4. The number of aryl methyl sites for hydroxylation is 1. The van der Waals surface area contributed by atoms with Crippen LogP contribution in [0.3, 0.4) is 0 Å². The van der Waals surface area contributed by atoms with Gasteiger partial charge in [0.05, 0.1) is 17.4 Å². The molecule has 6 aromatic carbocycles. The van der Waals surface area contributed by atoms with Gasteiger partial charge in [-0.1, -0.05) is 166 Å². The fourth-order valence-electron chi connectivity index (χ4n) is 12.4. The summed E-state index contributed by atoms with van der Waals surface area (Å²) in [5.41, 5.74) is 21.9. The maximum absolute atomic E-state index is 7.02. The van der Waals surface area contributed by atoms with Crippen LogP contribution in [-0.2, 0) is 18.3 Å². The first kappa shape index (κ1) is 42.3. The number of allylic oxidation sites excluding steroid dienone is 9. The molecule has 12 rings (SSSR count). The van der Waals surface area contributed by atoms with Crippen molar-refractivity contribution in [2.45, 2.75) is 95.6 Å². The van der Waals surface area contributed by atoms with Crippen molar-refractivity contribution in [1.29, 1.82) is 0 Å². The highest BCUT2D eigenvalue weighted by Gasteiger charge is 2.42. The fourth-order valence-corrected chi connectivity index (χ4v) is 12.4. The van der Waals surface area contributed by atoms with Crippen LogP contribution in [0.5, 0.6) is 5.75 Å². The standard InChI is InChI=1S/C65H60N2O/c1-5-47(23-17-21-44-19-8-6-9-20-44)66(49-35-37-54-57-28-16-18-43(2)62(57)65(3,4)59(54)42-49)61-41-40-51(53-25-10-7-11-26-55(53)61)46-30-33-48(34-31-46)67-60-29-15-14-27-56(60)58-39-38-52-45-22-12-13-24-50(36-32-45)68-64(52)63(58)67/h5-6,8-9,11-12,14-20,22-23,26-42,45,50,56,60H,7,10,13,21,24-25H2,1-4H3. The molecule has 2 aliphatic heterocycles. The van der Waals surface area contributed by atoms with Gasteiger partial charge in [0.15, 0.2) is 0 Å². The first-order valence-corrected chi connectivity index (χ1v) is 25.0. The van der Waals surface area contributed by atoms with Crippen LogP contribution in [0, 0.1) is 6.92 Å². The fraction of sp³-hybridized carbons (Fsp3) is 0.231. The summed E-state index contributed by atoms with van der Waals surface area (Å²) in [5.74, 6) is 1.53. The van der Waals surface area contributed by atoms with E-state index in [9.17, 15) is 0 Å². The minimum Gasteiger partial charge on any atom is -0.484 e. The van der Waals surface area contributed by atoms with E-state index in [2.05, 4.69) is 232 Å². The van der Waals surface area contributed by atoms with Crippen molar-refractivity contribution < 1.29 is 4.74 Å². The molecule has 0 aromatic heterocycles. The van der Waals surface area contributed by atoms with Gasteiger partial charge < -0.3 is 14.5 Å². The average Bonchev–Trinajstić information content (AvgIpc) is 3.59. The lowest BCUT2D eigenvalue weighted by molar-refractivity contribution is 0.241. The van der Waals surface area contributed by atoms with E-state index in [0.29, 0.717) is 0 Å². The Balaban J connectivity index is 0.954. The van der Waals surface area contributed by atoms with E-state index in [1.165, 1.54) is 89.5 Å². The molecule has 2 heterocycles. The zero-order valence-corrected chi connectivity index (χ0v) is 39.8. The van der Waals surface area contributed by atoms with Gasteiger partial charge in [0.1, 0.15) is 11.9 Å². The Hall–Kier alpha value is -7.10. The molecule has 0 radical (unpaired) electrons. The molecule has 3 heteroatoms. The van der Waals surface area contributed by atoms with Gasteiger partial charge in [-0.05, 0) is 150 Å². The predicted molar refractivity (Wildman–Crippen MR) is 286 cm³/mol. The smallest absolute Gasteiger partial charge is 0.148 e. The Bertz CT molecular complexity index is 3170. The summed E-state index contributed by atoms with van der Waals surface area (Å²) in [6.07, 6.45) is 36.4. The molecular formula is C65H60N2O. The molecule has 4 atom stereocenters. The lowest BCUT2D eigenvalue weighted by atomic mass is 9.80. The molecule has 6 aromatic rings. The van der Waals surface area contributed by atoms with Crippen LogP contribution in [-0.4, -0.2) is 12.1 Å². The summed E-state index contributed by atoms with van der Waals surface area (Å²) >= 11 is 0. The van der Waals surface area contributed by atoms with Gasteiger partial charge in [-0.15, -0.1) is 0 Å². The Labute approximate surface area is 403 Å². The SMILES string of the molecule is CC=C(C=CCc1ccccc1)N(c1ccc2c(c1)C(C)(C)c1c(C)cccc1-2)c1ccc(-c2ccc(N3c4c(ccc5c4OC4C=CC5C=CCC4)C4C=CC=CC43)cc2)c2c1C=CCCC2. The van der Waals surface area contributed by atoms with E-state index in [0.717, 1.165) is 50.0 Å². The number of hydrogen-bond acceptors (Lipinski definition) is 3. The van der Waals surface area contributed by atoms with Crippen LogP contribution in [0.15, 0.2) is 194 Å². The van der Waals surface area contributed by atoms with E-state index in [1.54, 1.807) is 0 Å². The van der Waals surface area contributed by atoms with Crippen molar-refractivity contribution in [3.63, 3.8) is 0 Å². The molecule has 6 aliphatic rings. The summed E-state index contributed by atoms with van der Waals surface area (Å²) in [4.78, 5) is 5.09. The van der Waals surface area contributed by atoms with Crippen molar-refractivity contribution in [3.05, 3.63) is 238 Å². The minimum atomic E-state index is -0.121. The molecule has 336 valence electrons. The Morgan fingerprint density at radius 3 is 2.49 bits per heavy atom. The lowest BCUT2D eigenvalue weighted by Gasteiger charge is -2.31. The van der Waals surface area contributed by atoms with Crippen LogP contribution < -0.4 is 14.5 Å². The minimum absolute atomic E-state index is 0.0708. The molecule has 0 saturated heterocycles. The van der Waals surface area contributed by atoms with Gasteiger partial charge in [0, 0.05) is 45.4 Å². The number of benzene rings is 6. The van der Waals surface area contributed by atoms with Crippen molar-refractivity contribution in [2.75, 3.05) is 9.80 Å². The largest absolute Gasteiger partial charge is 0.484 e. The zero-order chi connectivity index (χ0) is 45.9. The van der Waals surface area contributed by atoms with Gasteiger partial charge in [0.25, 0.3) is 0 Å². The third-order valence-corrected chi connectivity index (χ3v) is 15.6. The molecule has 4 aliphatic carbocycles. The predicted octanol–water partition coefficient (Wildman–Crippen LogP) is 16.6. The van der Waals surface area contributed by atoms with Crippen molar-refractivity contribution in [3.8, 4) is 28.0 Å². The highest BCUT2D eigenvalue weighted by atomic mass is 16.5. The number of rotatable bonds is 8. The van der Waals surface area contributed by atoms with Crippen molar-refractivity contribution >= 4 is 28.8 Å². The van der Waals surface area contributed by atoms with E-state index in [4.69, 9.17) is 4.74 Å². The number of fused-ring (bicyclic) bond motifs is 12. The monoisotopic (exact) mass is 884 g/mol. The Morgan fingerprint density at radius 1 is 0.779 bits per heavy atom. The molecule has 4 unspecified atom stereocenters. The van der Waals surface area contributed by atoms with E-state index < -0.39 is 0 Å². The van der Waals surface area contributed by atoms with E-state index >= 15 is 0 Å². The summed E-state index contributed by atoms with van der Waals surface area (Å²) in [7, 11) is 0. The summed E-state index contributed by atoms with van der Waals surface area (Å²) in [6, 6.07) is 43.9. The zero-order valence-electron chi connectivity index (χ0n) is 39.8. The van der Waals surface area contributed by atoms with Crippen LogP contribution in [0.25, 0.3) is 28.3 Å². The van der Waals surface area contributed by atoms with Gasteiger partial charge in [-0.25, -0.2) is 0 Å². The van der Waals surface area contributed by atoms with Gasteiger partial charge in [-0.2, -0.15) is 0 Å². The third kappa shape index (κ3) is 7.09. The number of ether oxygens (including phenoxy) is 1. The lowest BCUT2D eigenvalue weighted by Crippen LogP contribution is -2.29. The van der Waals surface area contributed by atoms with Crippen LogP contribution in [0.4, 0.5) is 22.7 Å². The topological polar surface area (TPSA) is 15.7 Å². The van der Waals surface area contributed by atoms with Gasteiger partial charge in [-0.3, -0.25) is 0 Å². The third-order valence-electron chi connectivity index (χ3n) is 15.6. The van der Waals surface area contributed by atoms with Gasteiger partial charge in [0.2, 0.25) is 0 Å². The van der Waals surface area contributed by atoms with Crippen molar-refractivity contribution in [1.82, 2.24) is 0 Å². The summed E-state index contributed by atoms with van der Waals surface area (Å²) < 4.78 is 7.02. The van der Waals surface area contributed by atoms with Gasteiger partial charge >= 0.3 is 0 Å². The normalized spacial score (nSPS) is 21.2. The molecule has 0 N–H and O–H groups in total. The molecule has 2 bridgehead atoms.